The van der Waals surface area contributed by atoms with Gasteiger partial charge in [-0.1, -0.05) is 51.0 Å². The normalized spacial score (nSPS) is 16.4. The summed E-state index contributed by atoms with van der Waals surface area (Å²) in [5, 5.41) is 0. The molecule has 3 heteroatoms. The molecule has 3 rings (SSSR count). The molecule has 2 aromatic carbocycles. The van der Waals surface area contributed by atoms with Gasteiger partial charge < -0.3 is 14.4 Å². The third kappa shape index (κ3) is 4.95. The van der Waals surface area contributed by atoms with Crippen LogP contribution in [0.2, 0.25) is 0 Å². The number of piperidine rings is 1. The molecule has 2 aromatic rings. The van der Waals surface area contributed by atoms with E-state index in [1.165, 1.54) is 56.3 Å². The second-order valence-electron chi connectivity index (χ2n) is 8.51. The van der Waals surface area contributed by atoms with Crippen LogP contribution < -0.4 is 9.47 Å². The van der Waals surface area contributed by atoms with Crippen molar-refractivity contribution in [3.05, 3.63) is 59.7 Å². The first-order chi connectivity index (χ1) is 14.1. The van der Waals surface area contributed by atoms with E-state index in [4.69, 9.17) is 9.47 Å². The Kier molecular flexibility index (Phi) is 7.60. The van der Waals surface area contributed by atoms with Crippen LogP contribution in [0.25, 0.3) is 0 Å². The average molecular weight is 396 g/mol. The minimum Gasteiger partial charge on any atom is -0.497 e. The van der Waals surface area contributed by atoms with Gasteiger partial charge in [0.2, 0.25) is 0 Å². The van der Waals surface area contributed by atoms with Crippen molar-refractivity contribution in [3.8, 4) is 11.5 Å². The van der Waals surface area contributed by atoms with Gasteiger partial charge in [-0.3, -0.25) is 0 Å². The number of nitrogens with zero attached hydrogens (tertiary/aromatic N) is 1. The number of rotatable bonds is 9. The second kappa shape index (κ2) is 10.2. The van der Waals surface area contributed by atoms with E-state index in [2.05, 4.69) is 55.1 Å². The standard InChI is InChI=1S/C26H37NO2/c1-5-11-23(20-27-16-7-6-8-17-27)26(2,21-12-9-14-24(18-21)28-3)22-13-10-15-25(19-22)29-4/h9-10,12-15,18-19,23H,5-8,11,16-17,20H2,1-4H3. The molecule has 0 aliphatic carbocycles. The van der Waals surface area contributed by atoms with E-state index in [9.17, 15) is 0 Å². The maximum Gasteiger partial charge on any atom is 0.119 e. The summed E-state index contributed by atoms with van der Waals surface area (Å²) in [6.45, 7) is 8.32. The molecular formula is C26H37NO2. The monoisotopic (exact) mass is 395 g/mol. The highest BCUT2D eigenvalue weighted by molar-refractivity contribution is 5.45. The SMILES string of the molecule is CCCC(CN1CCCCC1)C(C)(c1cccc(OC)c1)c1cccc(OC)c1. The highest BCUT2D eigenvalue weighted by atomic mass is 16.5. The molecule has 158 valence electrons. The Morgan fingerprint density at radius 1 is 0.897 bits per heavy atom. The average Bonchev–Trinajstić information content (AvgIpc) is 2.79. The minimum atomic E-state index is -0.115. The van der Waals surface area contributed by atoms with Crippen molar-refractivity contribution in [3.63, 3.8) is 0 Å². The van der Waals surface area contributed by atoms with Gasteiger partial charge in [-0.2, -0.15) is 0 Å². The quantitative estimate of drug-likeness (QED) is 0.527. The molecule has 3 nitrogen and oxygen atoms in total. The molecule has 0 amide bonds. The molecule has 0 radical (unpaired) electrons. The zero-order valence-corrected chi connectivity index (χ0v) is 18.6. The van der Waals surface area contributed by atoms with Crippen LogP contribution in [0.5, 0.6) is 11.5 Å². The Morgan fingerprint density at radius 2 is 1.45 bits per heavy atom. The van der Waals surface area contributed by atoms with Crippen LogP contribution in [-0.2, 0) is 5.41 Å². The van der Waals surface area contributed by atoms with Gasteiger partial charge in [-0.15, -0.1) is 0 Å². The zero-order valence-electron chi connectivity index (χ0n) is 18.6. The summed E-state index contributed by atoms with van der Waals surface area (Å²) >= 11 is 0. The number of hydrogen-bond acceptors (Lipinski definition) is 3. The molecule has 0 spiro atoms. The fraction of sp³-hybridized carbons (Fsp3) is 0.538. The summed E-state index contributed by atoms with van der Waals surface area (Å²) in [7, 11) is 3.50. The molecule has 1 aliphatic heterocycles. The van der Waals surface area contributed by atoms with Crippen LogP contribution in [-0.4, -0.2) is 38.8 Å². The maximum absolute atomic E-state index is 5.59. The fourth-order valence-corrected chi connectivity index (χ4v) is 4.89. The number of hydrogen-bond donors (Lipinski definition) is 0. The molecule has 0 saturated carbocycles. The molecular weight excluding hydrogens is 358 g/mol. The van der Waals surface area contributed by atoms with Gasteiger partial charge in [-0.25, -0.2) is 0 Å². The van der Waals surface area contributed by atoms with E-state index in [0.29, 0.717) is 5.92 Å². The molecule has 0 bridgehead atoms. The van der Waals surface area contributed by atoms with Crippen molar-refractivity contribution in [2.24, 2.45) is 5.92 Å². The molecule has 1 aliphatic rings. The lowest BCUT2D eigenvalue weighted by atomic mass is 9.65. The molecule has 1 fully saturated rings. The van der Waals surface area contributed by atoms with Crippen molar-refractivity contribution >= 4 is 0 Å². The first-order valence-electron chi connectivity index (χ1n) is 11.1. The molecule has 0 N–H and O–H groups in total. The van der Waals surface area contributed by atoms with Gasteiger partial charge >= 0.3 is 0 Å². The minimum absolute atomic E-state index is 0.115. The molecule has 29 heavy (non-hydrogen) atoms. The predicted octanol–water partition coefficient (Wildman–Crippen LogP) is 5.91. The van der Waals surface area contributed by atoms with E-state index >= 15 is 0 Å². The van der Waals surface area contributed by atoms with Gasteiger partial charge in [0, 0.05) is 12.0 Å². The van der Waals surface area contributed by atoms with Crippen LogP contribution in [0.4, 0.5) is 0 Å². The largest absolute Gasteiger partial charge is 0.497 e. The summed E-state index contributed by atoms with van der Waals surface area (Å²) < 4.78 is 11.2. The first-order valence-corrected chi connectivity index (χ1v) is 11.1. The van der Waals surface area contributed by atoms with Gasteiger partial charge in [0.05, 0.1) is 14.2 Å². The third-order valence-corrected chi connectivity index (χ3v) is 6.72. The number of benzene rings is 2. The van der Waals surface area contributed by atoms with E-state index in [1.807, 2.05) is 12.1 Å². The zero-order chi connectivity index (χ0) is 20.7. The molecule has 1 atom stereocenters. The lowest BCUT2D eigenvalue weighted by Crippen LogP contribution is -2.43. The van der Waals surface area contributed by atoms with Gasteiger partial charge in [-0.05, 0) is 73.7 Å². The summed E-state index contributed by atoms with van der Waals surface area (Å²) in [5.74, 6) is 2.36. The topological polar surface area (TPSA) is 21.7 Å². The van der Waals surface area contributed by atoms with Crippen LogP contribution >= 0.6 is 0 Å². The first kappa shape index (κ1) is 21.7. The number of ether oxygens (including phenoxy) is 2. The van der Waals surface area contributed by atoms with Crippen molar-refractivity contribution < 1.29 is 9.47 Å². The molecule has 1 unspecified atom stereocenters. The van der Waals surface area contributed by atoms with E-state index in [0.717, 1.165) is 18.0 Å². The van der Waals surface area contributed by atoms with Gasteiger partial charge in [0.15, 0.2) is 0 Å². The summed E-state index contributed by atoms with van der Waals surface area (Å²) in [4.78, 5) is 2.68. The third-order valence-electron chi connectivity index (χ3n) is 6.72. The summed E-state index contributed by atoms with van der Waals surface area (Å²) in [6, 6.07) is 17.3. The predicted molar refractivity (Wildman–Crippen MR) is 121 cm³/mol. The fourth-order valence-electron chi connectivity index (χ4n) is 4.89. The summed E-state index contributed by atoms with van der Waals surface area (Å²) in [5.41, 5.74) is 2.53. The second-order valence-corrected chi connectivity index (χ2v) is 8.51. The molecule has 0 aromatic heterocycles. The Bertz CT molecular complexity index is 719. The smallest absolute Gasteiger partial charge is 0.119 e. The lowest BCUT2D eigenvalue weighted by Gasteiger charge is -2.42. The Morgan fingerprint density at radius 3 is 1.93 bits per heavy atom. The van der Waals surface area contributed by atoms with Crippen molar-refractivity contribution in [1.82, 2.24) is 4.90 Å². The highest BCUT2D eigenvalue weighted by Gasteiger charge is 2.38. The Hall–Kier alpha value is -2.00. The van der Waals surface area contributed by atoms with Crippen molar-refractivity contribution in [2.75, 3.05) is 33.9 Å². The maximum atomic E-state index is 5.59. The van der Waals surface area contributed by atoms with E-state index in [-0.39, 0.29) is 5.41 Å². The van der Waals surface area contributed by atoms with Crippen LogP contribution in [0.1, 0.15) is 57.1 Å². The molecule has 1 saturated heterocycles. The van der Waals surface area contributed by atoms with Gasteiger partial charge in [0.25, 0.3) is 0 Å². The summed E-state index contributed by atoms with van der Waals surface area (Å²) in [6.07, 6.45) is 6.41. The van der Waals surface area contributed by atoms with Crippen molar-refractivity contribution in [1.29, 1.82) is 0 Å². The van der Waals surface area contributed by atoms with Gasteiger partial charge in [0.1, 0.15) is 11.5 Å². The number of methoxy groups -OCH3 is 2. The van der Waals surface area contributed by atoms with E-state index < -0.39 is 0 Å². The van der Waals surface area contributed by atoms with Crippen LogP contribution in [0.3, 0.4) is 0 Å². The number of likely N-dealkylation sites (tertiary alicyclic amines) is 1. The van der Waals surface area contributed by atoms with Crippen LogP contribution in [0.15, 0.2) is 48.5 Å². The molecule has 1 heterocycles. The Labute approximate surface area is 177 Å². The highest BCUT2D eigenvalue weighted by Crippen LogP contribution is 2.43. The lowest BCUT2D eigenvalue weighted by molar-refractivity contribution is 0.158. The van der Waals surface area contributed by atoms with Crippen LogP contribution in [0, 0.1) is 5.92 Å². The van der Waals surface area contributed by atoms with Crippen molar-refractivity contribution in [2.45, 2.75) is 51.4 Å². The Balaban J connectivity index is 2.07. The van der Waals surface area contributed by atoms with E-state index in [1.54, 1.807) is 14.2 Å².